The second-order valence-corrected chi connectivity index (χ2v) is 9.80. The predicted octanol–water partition coefficient (Wildman–Crippen LogP) is 9.56. The van der Waals surface area contributed by atoms with Gasteiger partial charge in [0.2, 0.25) is 0 Å². The SMILES string of the molecule is c1ccc(-c2nc(-c3ccc4c(c3)-c3cccc5c(-c6ccccc6)ccc(c35)O4)nc3ccccc23)cc1. The maximum absolute atomic E-state index is 6.45. The first-order valence-electron chi connectivity index (χ1n) is 13.1. The summed E-state index contributed by atoms with van der Waals surface area (Å²) in [6, 6.07) is 46.0. The van der Waals surface area contributed by atoms with E-state index >= 15 is 0 Å². The Labute approximate surface area is 226 Å². The van der Waals surface area contributed by atoms with Gasteiger partial charge >= 0.3 is 0 Å². The summed E-state index contributed by atoms with van der Waals surface area (Å²) in [5.74, 6) is 2.43. The molecule has 1 aliphatic heterocycles. The van der Waals surface area contributed by atoms with Crippen LogP contribution in [0.25, 0.3) is 66.6 Å². The maximum atomic E-state index is 6.45. The Morgan fingerprint density at radius 1 is 0.436 bits per heavy atom. The number of benzene rings is 6. The van der Waals surface area contributed by atoms with Crippen LogP contribution in [0.2, 0.25) is 0 Å². The molecular weight excluding hydrogens is 476 g/mol. The van der Waals surface area contributed by atoms with Crippen LogP contribution in [-0.2, 0) is 0 Å². The molecule has 39 heavy (non-hydrogen) atoms. The Morgan fingerprint density at radius 2 is 1.15 bits per heavy atom. The molecule has 3 nitrogen and oxygen atoms in total. The molecule has 8 rings (SSSR count). The van der Waals surface area contributed by atoms with Crippen LogP contribution in [-0.4, -0.2) is 9.97 Å². The van der Waals surface area contributed by atoms with E-state index in [4.69, 9.17) is 14.7 Å². The minimum absolute atomic E-state index is 0.700. The normalized spacial score (nSPS) is 11.8. The van der Waals surface area contributed by atoms with Gasteiger partial charge in [-0.05, 0) is 52.4 Å². The largest absolute Gasteiger partial charge is 0.456 e. The van der Waals surface area contributed by atoms with Crippen LogP contribution in [0.4, 0.5) is 0 Å². The number of ether oxygens (including phenoxy) is 1. The summed E-state index contributed by atoms with van der Waals surface area (Å²) in [7, 11) is 0. The van der Waals surface area contributed by atoms with E-state index in [2.05, 4.69) is 91.0 Å². The number of nitrogens with zero attached hydrogens (tertiary/aromatic N) is 2. The van der Waals surface area contributed by atoms with Crippen LogP contribution >= 0.6 is 0 Å². The molecule has 6 aromatic carbocycles. The first-order chi connectivity index (χ1) is 19.3. The summed E-state index contributed by atoms with van der Waals surface area (Å²) >= 11 is 0. The van der Waals surface area contributed by atoms with E-state index in [0.717, 1.165) is 55.7 Å². The molecule has 1 aliphatic rings. The number of hydrogen-bond donors (Lipinski definition) is 0. The van der Waals surface area contributed by atoms with Crippen molar-refractivity contribution in [3.63, 3.8) is 0 Å². The topological polar surface area (TPSA) is 35.0 Å². The quantitative estimate of drug-likeness (QED) is 0.243. The van der Waals surface area contributed by atoms with Crippen LogP contribution in [0.15, 0.2) is 133 Å². The number of para-hydroxylation sites is 1. The van der Waals surface area contributed by atoms with E-state index in [1.807, 2.05) is 42.5 Å². The highest BCUT2D eigenvalue weighted by atomic mass is 16.5. The van der Waals surface area contributed by atoms with Crippen molar-refractivity contribution in [2.24, 2.45) is 0 Å². The van der Waals surface area contributed by atoms with Crippen LogP contribution in [0.3, 0.4) is 0 Å². The number of rotatable bonds is 3. The highest BCUT2D eigenvalue weighted by Crippen LogP contribution is 2.49. The zero-order valence-corrected chi connectivity index (χ0v) is 21.0. The molecule has 1 aromatic heterocycles. The van der Waals surface area contributed by atoms with E-state index in [1.165, 1.54) is 16.5 Å². The van der Waals surface area contributed by atoms with Gasteiger partial charge in [0.1, 0.15) is 11.5 Å². The van der Waals surface area contributed by atoms with E-state index < -0.39 is 0 Å². The molecule has 2 heterocycles. The van der Waals surface area contributed by atoms with Crippen LogP contribution in [0, 0.1) is 0 Å². The van der Waals surface area contributed by atoms with E-state index in [0.29, 0.717) is 5.82 Å². The highest BCUT2D eigenvalue weighted by molar-refractivity contribution is 6.10. The fourth-order valence-corrected chi connectivity index (χ4v) is 5.66. The van der Waals surface area contributed by atoms with Gasteiger partial charge in [-0.1, -0.05) is 103 Å². The first kappa shape index (κ1) is 21.8. The van der Waals surface area contributed by atoms with Gasteiger partial charge < -0.3 is 4.74 Å². The minimum atomic E-state index is 0.700. The number of aromatic nitrogens is 2. The van der Waals surface area contributed by atoms with Crippen molar-refractivity contribution >= 4 is 21.7 Å². The lowest BCUT2D eigenvalue weighted by Gasteiger charge is -2.23. The lowest BCUT2D eigenvalue weighted by Crippen LogP contribution is -1.99. The van der Waals surface area contributed by atoms with Crippen LogP contribution in [0.5, 0.6) is 11.5 Å². The van der Waals surface area contributed by atoms with Crippen LogP contribution in [0.1, 0.15) is 0 Å². The predicted molar refractivity (Wildman–Crippen MR) is 159 cm³/mol. The minimum Gasteiger partial charge on any atom is -0.456 e. The summed E-state index contributed by atoms with van der Waals surface area (Å²) in [6.45, 7) is 0. The molecule has 0 radical (unpaired) electrons. The van der Waals surface area contributed by atoms with Gasteiger partial charge in [0.25, 0.3) is 0 Å². The molecule has 0 aliphatic carbocycles. The lowest BCUT2D eigenvalue weighted by atomic mass is 9.90. The molecule has 0 atom stereocenters. The zero-order valence-electron chi connectivity index (χ0n) is 21.0. The maximum Gasteiger partial charge on any atom is 0.160 e. The molecule has 0 N–H and O–H groups in total. The summed E-state index contributed by atoms with van der Waals surface area (Å²) in [5.41, 5.74) is 8.50. The fraction of sp³-hybridized carbons (Fsp3) is 0. The Kier molecular flexibility index (Phi) is 4.82. The molecule has 0 bridgehead atoms. The average Bonchev–Trinajstić information content (AvgIpc) is 3.01. The lowest BCUT2D eigenvalue weighted by molar-refractivity contribution is 0.487. The van der Waals surface area contributed by atoms with Crippen molar-refractivity contribution in [1.29, 1.82) is 0 Å². The van der Waals surface area contributed by atoms with E-state index in [-0.39, 0.29) is 0 Å². The smallest absolute Gasteiger partial charge is 0.160 e. The summed E-state index contributed by atoms with van der Waals surface area (Å²) < 4.78 is 6.45. The zero-order chi connectivity index (χ0) is 25.8. The molecule has 182 valence electrons. The molecule has 0 spiro atoms. The van der Waals surface area contributed by atoms with Gasteiger partial charge in [-0.3, -0.25) is 0 Å². The van der Waals surface area contributed by atoms with Crippen molar-refractivity contribution in [3.8, 4) is 56.4 Å². The molecular formula is C36H22N2O. The fourth-order valence-electron chi connectivity index (χ4n) is 5.66. The monoisotopic (exact) mass is 498 g/mol. The van der Waals surface area contributed by atoms with Crippen molar-refractivity contribution in [1.82, 2.24) is 9.97 Å². The second kappa shape index (κ2) is 8.64. The van der Waals surface area contributed by atoms with Crippen LogP contribution < -0.4 is 4.74 Å². The Hall–Kier alpha value is -5.28. The molecule has 0 saturated carbocycles. The molecule has 3 heteroatoms. The number of hydrogen-bond acceptors (Lipinski definition) is 3. The van der Waals surface area contributed by atoms with E-state index in [1.54, 1.807) is 0 Å². The van der Waals surface area contributed by atoms with Gasteiger partial charge in [0, 0.05) is 27.5 Å². The third-order valence-electron chi connectivity index (χ3n) is 7.49. The summed E-state index contributed by atoms with van der Waals surface area (Å²) in [5, 5.41) is 3.36. The summed E-state index contributed by atoms with van der Waals surface area (Å²) in [4.78, 5) is 10.1. The Bertz CT molecular complexity index is 2030. The Balaban J connectivity index is 1.33. The van der Waals surface area contributed by atoms with Gasteiger partial charge in [-0.15, -0.1) is 0 Å². The molecule has 0 saturated heterocycles. The van der Waals surface area contributed by atoms with Gasteiger partial charge in [-0.25, -0.2) is 9.97 Å². The van der Waals surface area contributed by atoms with Crippen molar-refractivity contribution in [3.05, 3.63) is 133 Å². The van der Waals surface area contributed by atoms with Crippen molar-refractivity contribution in [2.75, 3.05) is 0 Å². The van der Waals surface area contributed by atoms with Crippen molar-refractivity contribution < 1.29 is 4.74 Å². The molecule has 7 aromatic rings. The second-order valence-electron chi connectivity index (χ2n) is 9.80. The Morgan fingerprint density at radius 3 is 2.00 bits per heavy atom. The van der Waals surface area contributed by atoms with Gasteiger partial charge in [-0.2, -0.15) is 0 Å². The van der Waals surface area contributed by atoms with Gasteiger partial charge in [0.15, 0.2) is 5.82 Å². The number of fused-ring (bicyclic) bond motifs is 3. The molecule has 0 fully saturated rings. The standard InChI is InChI=1S/C36H22N2O/c1-3-10-23(11-4-1)26-19-21-33-34-27(26)15-9-16-28(34)30-22-25(18-20-32(30)39-33)36-37-31-17-8-7-14-29(31)35(38-36)24-12-5-2-6-13-24/h1-22H. The average molecular weight is 499 g/mol. The molecule has 0 unspecified atom stereocenters. The summed E-state index contributed by atoms with van der Waals surface area (Å²) in [6.07, 6.45) is 0. The first-order valence-corrected chi connectivity index (χ1v) is 13.1. The third kappa shape index (κ3) is 3.52. The van der Waals surface area contributed by atoms with Crippen molar-refractivity contribution in [2.45, 2.75) is 0 Å². The van der Waals surface area contributed by atoms with Gasteiger partial charge in [0.05, 0.1) is 11.2 Å². The molecule has 0 amide bonds. The highest BCUT2D eigenvalue weighted by Gasteiger charge is 2.23. The third-order valence-corrected chi connectivity index (χ3v) is 7.49. The van der Waals surface area contributed by atoms with E-state index in [9.17, 15) is 0 Å².